The smallest absolute Gasteiger partial charge is 0.185 e. The molecule has 0 spiro atoms. The molecular weight excluding hydrogens is 367 g/mol. The summed E-state index contributed by atoms with van der Waals surface area (Å²) in [5.41, 5.74) is 1.01. The zero-order valence-electron chi connectivity index (χ0n) is 11.8. The van der Waals surface area contributed by atoms with Gasteiger partial charge in [-0.2, -0.15) is 0 Å². The van der Waals surface area contributed by atoms with Gasteiger partial charge in [-0.15, -0.1) is 0 Å². The maximum absolute atomic E-state index is 13.1. The Morgan fingerprint density at radius 3 is 2.70 bits per heavy atom. The van der Waals surface area contributed by atoms with E-state index in [2.05, 4.69) is 15.9 Å². The average Bonchev–Trinajstić information content (AvgIpc) is 2.54. The summed E-state index contributed by atoms with van der Waals surface area (Å²) >= 11 is 3.07. The first-order valence-electron chi connectivity index (χ1n) is 6.56. The highest BCUT2D eigenvalue weighted by Gasteiger charge is 2.04. The number of halogens is 2. The van der Waals surface area contributed by atoms with E-state index in [0.717, 1.165) is 0 Å². The van der Waals surface area contributed by atoms with Gasteiger partial charge in [-0.25, -0.2) is 4.39 Å². The Morgan fingerprint density at radius 2 is 2.00 bits per heavy atom. The molecule has 0 amide bonds. The molecule has 0 saturated heterocycles. The number of benzene rings is 2. The Kier molecular flexibility index (Phi) is 5.65. The number of rotatable bonds is 6. The number of carboxylic acids is 1. The molecule has 6 heteroatoms. The van der Waals surface area contributed by atoms with Crippen molar-refractivity contribution in [1.82, 2.24) is 0 Å². The number of ketones is 1. The van der Waals surface area contributed by atoms with E-state index in [-0.39, 0.29) is 17.3 Å². The van der Waals surface area contributed by atoms with E-state index in [1.54, 1.807) is 36.4 Å². The van der Waals surface area contributed by atoms with Crippen LogP contribution >= 0.6 is 15.9 Å². The molecule has 0 heterocycles. The molecule has 2 aromatic rings. The zero-order valence-corrected chi connectivity index (χ0v) is 13.4. The van der Waals surface area contributed by atoms with E-state index in [4.69, 9.17) is 4.74 Å². The summed E-state index contributed by atoms with van der Waals surface area (Å²) in [5, 5.41) is 10.4. The molecule has 4 nitrogen and oxygen atoms in total. The van der Waals surface area contributed by atoms with Crippen molar-refractivity contribution in [2.24, 2.45) is 0 Å². The van der Waals surface area contributed by atoms with E-state index in [0.29, 0.717) is 15.6 Å². The van der Waals surface area contributed by atoms with Gasteiger partial charge in [-0.3, -0.25) is 4.79 Å². The topological polar surface area (TPSA) is 66.4 Å². The van der Waals surface area contributed by atoms with Gasteiger partial charge in [0.05, 0.1) is 10.4 Å². The van der Waals surface area contributed by atoms with E-state index >= 15 is 0 Å². The van der Waals surface area contributed by atoms with E-state index < -0.39 is 12.6 Å². The molecule has 0 saturated carbocycles. The molecule has 0 bridgehead atoms. The highest BCUT2D eigenvalue weighted by atomic mass is 79.9. The van der Waals surface area contributed by atoms with Crippen LogP contribution in [-0.2, 0) is 4.79 Å². The van der Waals surface area contributed by atoms with Crippen LogP contribution in [0.3, 0.4) is 0 Å². The van der Waals surface area contributed by atoms with Crippen LogP contribution in [-0.4, -0.2) is 18.4 Å². The Morgan fingerprint density at radius 1 is 1.22 bits per heavy atom. The van der Waals surface area contributed by atoms with Crippen molar-refractivity contribution >= 4 is 33.8 Å². The number of hydrogen-bond acceptors (Lipinski definition) is 4. The van der Waals surface area contributed by atoms with Crippen molar-refractivity contribution < 1.29 is 23.8 Å². The fraction of sp³-hybridized carbons (Fsp3) is 0.0588. The summed E-state index contributed by atoms with van der Waals surface area (Å²) < 4.78 is 18.4. The lowest BCUT2D eigenvalue weighted by Gasteiger charge is -2.07. The molecule has 0 aliphatic rings. The summed E-state index contributed by atoms with van der Waals surface area (Å²) in [5.74, 6) is -1.75. The molecule has 2 rings (SSSR count). The van der Waals surface area contributed by atoms with E-state index in [1.165, 1.54) is 18.2 Å². The van der Waals surface area contributed by atoms with Crippen molar-refractivity contribution in [3.05, 3.63) is 70.0 Å². The molecule has 0 N–H and O–H groups in total. The Balaban J connectivity index is 2.10. The fourth-order valence-electron chi connectivity index (χ4n) is 1.77. The fourth-order valence-corrected chi connectivity index (χ4v) is 2.16. The molecule has 2 aromatic carbocycles. The molecule has 0 aliphatic heterocycles. The van der Waals surface area contributed by atoms with Crippen LogP contribution in [0.25, 0.3) is 6.08 Å². The molecule has 23 heavy (non-hydrogen) atoms. The molecule has 0 fully saturated rings. The van der Waals surface area contributed by atoms with Crippen molar-refractivity contribution in [2.75, 3.05) is 6.61 Å². The Hall–Kier alpha value is -2.47. The largest absolute Gasteiger partial charge is 0.546 e. The first kappa shape index (κ1) is 16.9. The number of hydrogen-bond donors (Lipinski definition) is 0. The van der Waals surface area contributed by atoms with Crippen LogP contribution in [0.15, 0.2) is 53.0 Å². The van der Waals surface area contributed by atoms with Gasteiger partial charge in [0.15, 0.2) is 5.78 Å². The summed E-state index contributed by atoms with van der Waals surface area (Å²) in [6, 6.07) is 10.5. The first-order chi connectivity index (χ1) is 11.0. The highest BCUT2D eigenvalue weighted by molar-refractivity contribution is 9.10. The highest BCUT2D eigenvalue weighted by Crippen LogP contribution is 2.18. The Labute approximate surface area is 140 Å². The molecule has 118 valence electrons. The van der Waals surface area contributed by atoms with Gasteiger partial charge in [0.25, 0.3) is 0 Å². The van der Waals surface area contributed by atoms with Gasteiger partial charge in [-0.05, 0) is 51.8 Å². The Bertz CT molecular complexity index is 771. The second kappa shape index (κ2) is 7.69. The molecule has 0 aliphatic carbocycles. The predicted octanol–water partition coefficient (Wildman–Crippen LogP) is 2.61. The van der Waals surface area contributed by atoms with Crippen LogP contribution in [0.2, 0.25) is 0 Å². The maximum Gasteiger partial charge on any atom is 0.185 e. The van der Waals surface area contributed by atoms with Crippen LogP contribution in [0.1, 0.15) is 15.9 Å². The lowest BCUT2D eigenvalue weighted by Crippen LogP contribution is -2.28. The summed E-state index contributed by atoms with van der Waals surface area (Å²) in [7, 11) is 0. The van der Waals surface area contributed by atoms with Crippen molar-refractivity contribution in [2.45, 2.75) is 0 Å². The third-order valence-corrected chi connectivity index (χ3v) is 3.45. The van der Waals surface area contributed by atoms with Crippen molar-refractivity contribution in [3.8, 4) is 5.75 Å². The zero-order chi connectivity index (χ0) is 16.8. The van der Waals surface area contributed by atoms with Crippen LogP contribution in [0, 0.1) is 5.82 Å². The lowest BCUT2D eigenvalue weighted by molar-refractivity contribution is -0.307. The quantitative estimate of drug-likeness (QED) is 0.573. The van der Waals surface area contributed by atoms with Crippen molar-refractivity contribution in [1.29, 1.82) is 0 Å². The molecule has 0 aromatic heterocycles. The normalized spacial score (nSPS) is 10.7. The maximum atomic E-state index is 13.1. The summed E-state index contributed by atoms with van der Waals surface area (Å²) in [6.07, 6.45) is 2.90. The van der Waals surface area contributed by atoms with Gasteiger partial charge < -0.3 is 14.6 Å². The molecule has 0 atom stereocenters. The minimum atomic E-state index is -1.34. The lowest BCUT2D eigenvalue weighted by atomic mass is 10.1. The third kappa shape index (κ3) is 5.03. The van der Waals surface area contributed by atoms with Gasteiger partial charge in [-0.1, -0.05) is 24.3 Å². The van der Waals surface area contributed by atoms with Gasteiger partial charge in [0, 0.05) is 5.56 Å². The second-order valence-electron chi connectivity index (χ2n) is 4.56. The molecule has 0 radical (unpaired) electrons. The predicted molar refractivity (Wildman–Crippen MR) is 84.4 cm³/mol. The van der Waals surface area contributed by atoms with E-state index in [1.807, 2.05) is 0 Å². The number of aliphatic carboxylic acids is 1. The number of carbonyl (C=O) groups excluding carboxylic acids is 2. The summed E-state index contributed by atoms with van der Waals surface area (Å²) in [6.45, 7) is -0.586. The molecular formula is C17H11BrFO4-. The third-order valence-electron chi connectivity index (χ3n) is 2.85. The minimum Gasteiger partial charge on any atom is -0.546 e. The van der Waals surface area contributed by atoms with Crippen LogP contribution in [0.5, 0.6) is 5.75 Å². The minimum absolute atomic E-state index is 0.262. The van der Waals surface area contributed by atoms with Gasteiger partial charge in [0.2, 0.25) is 0 Å². The van der Waals surface area contributed by atoms with E-state index in [9.17, 15) is 19.1 Å². The average molecular weight is 378 g/mol. The molecule has 0 unspecified atom stereocenters. The van der Waals surface area contributed by atoms with Crippen LogP contribution < -0.4 is 9.84 Å². The second-order valence-corrected chi connectivity index (χ2v) is 5.41. The number of carboxylic acid groups (broad SMARTS) is 1. The van der Waals surface area contributed by atoms with Gasteiger partial charge >= 0.3 is 0 Å². The van der Waals surface area contributed by atoms with Crippen LogP contribution in [0.4, 0.5) is 4.39 Å². The monoisotopic (exact) mass is 377 g/mol. The first-order valence-corrected chi connectivity index (χ1v) is 7.35. The number of carbonyl (C=O) groups is 2. The standard InChI is InChI=1S/C17H12BrFO4/c18-14-8-11(4-6-15(14)19)5-7-16(20)12-2-1-3-13(9-12)23-10-17(21)22/h1-9H,10H2,(H,21,22)/p-1/b7-5+. The summed E-state index contributed by atoms with van der Waals surface area (Å²) in [4.78, 5) is 22.5. The van der Waals surface area contributed by atoms with Crippen molar-refractivity contribution in [3.63, 3.8) is 0 Å². The SMILES string of the molecule is O=C([O-])COc1cccc(C(=O)/C=C/c2ccc(F)c(Br)c2)c1. The van der Waals surface area contributed by atoms with Gasteiger partial charge in [0.1, 0.15) is 18.2 Å². The number of allylic oxidation sites excluding steroid dienone is 1. The number of ether oxygens (including phenoxy) is 1.